The molecule has 2 aromatic rings. The van der Waals surface area contributed by atoms with Gasteiger partial charge in [0.2, 0.25) is 0 Å². The van der Waals surface area contributed by atoms with Crippen molar-refractivity contribution in [1.29, 1.82) is 0 Å². The van der Waals surface area contributed by atoms with E-state index in [1.807, 2.05) is 0 Å². The van der Waals surface area contributed by atoms with Crippen molar-refractivity contribution in [3.63, 3.8) is 0 Å². The number of halogens is 5. The molecule has 0 saturated heterocycles. The van der Waals surface area contributed by atoms with Gasteiger partial charge in [-0.05, 0) is 29.8 Å². The van der Waals surface area contributed by atoms with Gasteiger partial charge >= 0.3 is 6.18 Å². The quantitative estimate of drug-likeness (QED) is 0.791. The van der Waals surface area contributed by atoms with Crippen LogP contribution in [0.1, 0.15) is 27.9 Å². The van der Waals surface area contributed by atoms with E-state index < -0.39 is 34.9 Å². The minimum Gasteiger partial charge on any atom is -0.346 e. The first-order chi connectivity index (χ1) is 11.2. The highest BCUT2D eigenvalue weighted by Gasteiger charge is 2.57. The molecule has 2 aromatic carbocycles. The molecule has 1 N–H and O–H groups in total. The van der Waals surface area contributed by atoms with Crippen LogP contribution in [0.2, 0.25) is 5.02 Å². The first-order valence-corrected chi connectivity index (χ1v) is 7.51. The van der Waals surface area contributed by atoms with Crippen molar-refractivity contribution in [2.75, 3.05) is 0 Å². The van der Waals surface area contributed by atoms with Crippen molar-refractivity contribution in [2.45, 2.75) is 24.3 Å². The third-order valence-electron chi connectivity index (χ3n) is 4.00. The zero-order valence-corrected chi connectivity index (χ0v) is 13.0. The van der Waals surface area contributed by atoms with Crippen LogP contribution in [-0.2, 0) is 11.8 Å². The minimum atomic E-state index is -4.65. The largest absolute Gasteiger partial charge is 0.417 e. The van der Waals surface area contributed by atoms with Crippen molar-refractivity contribution in [3.8, 4) is 0 Å². The van der Waals surface area contributed by atoms with Crippen LogP contribution < -0.4 is 5.32 Å². The van der Waals surface area contributed by atoms with Gasteiger partial charge in [-0.3, -0.25) is 4.79 Å². The number of rotatable bonds is 3. The first kappa shape index (κ1) is 16.8. The summed E-state index contributed by atoms with van der Waals surface area (Å²) < 4.78 is 53.6. The average Bonchev–Trinajstić information content (AvgIpc) is 3.18. The summed E-state index contributed by atoms with van der Waals surface area (Å²) in [5.74, 6) is -0.943. The second-order valence-electron chi connectivity index (χ2n) is 5.64. The second-order valence-corrected chi connectivity index (χ2v) is 6.08. The molecule has 24 heavy (non-hydrogen) atoms. The summed E-state index contributed by atoms with van der Waals surface area (Å²) in [7, 11) is 0. The lowest BCUT2D eigenvalue weighted by atomic mass is 10.1. The molecular weight excluding hydrogens is 346 g/mol. The number of hydrogen-bond acceptors (Lipinski definition) is 1. The molecule has 1 aliphatic rings. The van der Waals surface area contributed by atoms with Gasteiger partial charge < -0.3 is 5.32 Å². The van der Waals surface area contributed by atoms with Gasteiger partial charge in [-0.25, -0.2) is 4.39 Å². The maximum Gasteiger partial charge on any atom is 0.417 e. The maximum atomic E-state index is 14.8. The van der Waals surface area contributed by atoms with Gasteiger partial charge in [0.25, 0.3) is 5.91 Å². The highest BCUT2D eigenvalue weighted by Crippen LogP contribution is 2.50. The molecule has 0 heterocycles. The van der Waals surface area contributed by atoms with Gasteiger partial charge in [0.15, 0.2) is 5.67 Å². The summed E-state index contributed by atoms with van der Waals surface area (Å²) in [4.78, 5) is 12.1. The zero-order valence-electron chi connectivity index (χ0n) is 12.2. The van der Waals surface area contributed by atoms with Crippen LogP contribution in [0.3, 0.4) is 0 Å². The highest BCUT2D eigenvalue weighted by molar-refractivity contribution is 6.30. The van der Waals surface area contributed by atoms with Gasteiger partial charge in [0.1, 0.15) is 0 Å². The second kappa shape index (κ2) is 5.77. The van der Waals surface area contributed by atoms with E-state index in [1.165, 1.54) is 36.4 Å². The number of amides is 1. The van der Waals surface area contributed by atoms with E-state index in [4.69, 9.17) is 11.6 Å². The average molecular weight is 358 g/mol. The van der Waals surface area contributed by atoms with Crippen LogP contribution in [0.25, 0.3) is 0 Å². The number of alkyl halides is 4. The monoisotopic (exact) mass is 357 g/mol. The fourth-order valence-electron chi connectivity index (χ4n) is 2.61. The third-order valence-corrected chi connectivity index (χ3v) is 4.25. The van der Waals surface area contributed by atoms with Crippen molar-refractivity contribution < 1.29 is 22.4 Å². The Hall–Kier alpha value is -2.08. The number of hydrogen-bond donors (Lipinski definition) is 1. The van der Waals surface area contributed by atoms with Crippen molar-refractivity contribution >= 4 is 17.5 Å². The van der Waals surface area contributed by atoms with Crippen LogP contribution in [0, 0.1) is 0 Å². The van der Waals surface area contributed by atoms with Crippen LogP contribution in [-0.4, -0.2) is 11.9 Å². The molecule has 1 aliphatic carbocycles. The van der Waals surface area contributed by atoms with E-state index >= 15 is 0 Å². The van der Waals surface area contributed by atoms with Crippen molar-refractivity contribution in [3.05, 3.63) is 70.2 Å². The minimum absolute atomic E-state index is 0.00849. The van der Waals surface area contributed by atoms with E-state index in [1.54, 1.807) is 0 Å². The van der Waals surface area contributed by atoms with E-state index in [-0.39, 0.29) is 6.42 Å². The predicted molar refractivity (Wildman–Crippen MR) is 81.6 cm³/mol. The molecule has 0 aliphatic heterocycles. The summed E-state index contributed by atoms with van der Waals surface area (Å²) in [6, 6.07) is 9.60. The standard InChI is InChI=1S/C17H12ClF4NO/c18-11-7-5-10(6-8-11)16(19)9-14(16)23-15(24)12-3-1-2-4-13(12)17(20,21)22/h1-8,14H,9H2,(H,23,24)/t14-,16+/m1/s1. The van der Waals surface area contributed by atoms with Crippen LogP contribution in [0.4, 0.5) is 17.6 Å². The molecule has 1 amide bonds. The molecule has 0 bridgehead atoms. The Balaban J connectivity index is 1.77. The number of nitrogens with one attached hydrogen (secondary N) is 1. The van der Waals surface area contributed by atoms with Crippen molar-refractivity contribution in [2.24, 2.45) is 0 Å². The van der Waals surface area contributed by atoms with Gasteiger partial charge in [-0.15, -0.1) is 0 Å². The molecule has 0 spiro atoms. The normalized spacial score (nSPS) is 23.0. The molecule has 0 radical (unpaired) electrons. The Morgan fingerprint density at radius 1 is 1.12 bits per heavy atom. The maximum absolute atomic E-state index is 14.8. The molecule has 2 atom stereocenters. The number of carbonyl (C=O) groups excluding carboxylic acids is 1. The van der Waals surface area contributed by atoms with Crippen LogP contribution in [0.15, 0.2) is 48.5 Å². The Bertz CT molecular complexity index is 775. The van der Waals surface area contributed by atoms with Gasteiger partial charge in [-0.1, -0.05) is 35.9 Å². The first-order valence-electron chi connectivity index (χ1n) is 7.14. The molecule has 0 unspecified atom stereocenters. The van der Waals surface area contributed by atoms with Crippen molar-refractivity contribution in [1.82, 2.24) is 5.32 Å². The Labute approximate surface area is 140 Å². The lowest BCUT2D eigenvalue weighted by Crippen LogP contribution is -2.31. The Morgan fingerprint density at radius 2 is 1.75 bits per heavy atom. The molecule has 7 heteroatoms. The van der Waals surface area contributed by atoms with E-state index in [0.717, 1.165) is 12.1 Å². The van der Waals surface area contributed by atoms with E-state index in [2.05, 4.69) is 5.32 Å². The topological polar surface area (TPSA) is 29.1 Å². The van der Waals surface area contributed by atoms with Gasteiger partial charge in [0, 0.05) is 11.4 Å². The fraction of sp³-hybridized carbons (Fsp3) is 0.235. The van der Waals surface area contributed by atoms with Crippen LogP contribution in [0.5, 0.6) is 0 Å². The highest BCUT2D eigenvalue weighted by atomic mass is 35.5. The Morgan fingerprint density at radius 3 is 2.38 bits per heavy atom. The summed E-state index contributed by atoms with van der Waals surface area (Å²) in [5.41, 5.74) is -3.01. The summed E-state index contributed by atoms with van der Waals surface area (Å²) in [5, 5.41) is 2.79. The van der Waals surface area contributed by atoms with Gasteiger partial charge in [-0.2, -0.15) is 13.2 Å². The summed E-state index contributed by atoms with van der Waals surface area (Å²) in [6.07, 6.45) is -4.64. The van der Waals surface area contributed by atoms with E-state index in [0.29, 0.717) is 10.6 Å². The number of carbonyl (C=O) groups is 1. The Kier molecular flexibility index (Phi) is 4.03. The lowest BCUT2D eigenvalue weighted by Gasteiger charge is -2.14. The third kappa shape index (κ3) is 3.11. The molecule has 0 aromatic heterocycles. The number of benzene rings is 2. The molecule has 1 saturated carbocycles. The molecule has 2 nitrogen and oxygen atoms in total. The lowest BCUT2D eigenvalue weighted by molar-refractivity contribution is -0.137. The van der Waals surface area contributed by atoms with Crippen LogP contribution >= 0.6 is 11.6 Å². The molecule has 126 valence electrons. The molecule has 3 rings (SSSR count). The zero-order chi connectivity index (χ0) is 17.5. The predicted octanol–water partition coefficient (Wildman–Crippen LogP) is 4.73. The molecular formula is C17H12ClF4NO. The molecule has 1 fully saturated rings. The fourth-order valence-corrected chi connectivity index (χ4v) is 2.74. The SMILES string of the molecule is O=C(N[C@@H]1C[C@]1(F)c1ccc(Cl)cc1)c1ccccc1C(F)(F)F. The smallest absolute Gasteiger partial charge is 0.346 e. The van der Waals surface area contributed by atoms with Gasteiger partial charge in [0.05, 0.1) is 17.2 Å². The summed E-state index contributed by atoms with van der Waals surface area (Å²) in [6.45, 7) is 0. The van der Waals surface area contributed by atoms with E-state index in [9.17, 15) is 22.4 Å². The summed E-state index contributed by atoms with van der Waals surface area (Å²) >= 11 is 5.74.